The normalized spacial score (nSPS) is 11.2. The van der Waals surface area contributed by atoms with Crippen molar-refractivity contribution in [3.63, 3.8) is 0 Å². The fraction of sp³-hybridized carbons (Fsp3) is 0.188. The zero-order chi connectivity index (χ0) is 14.8. The third kappa shape index (κ3) is 2.97. The van der Waals surface area contributed by atoms with E-state index in [4.69, 9.17) is 11.6 Å². The van der Waals surface area contributed by atoms with Crippen LogP contribution in [0, 0.1) is 5.82 Å². The molecule has 0 saturated carbocycles. The molecule has 3 aromatic rings. The molecule has 2 nitrogen and oxygen atoms in total. The second kappa shape index (κ2) is 6.16. The van der Waals surface area contributed by atoms with E-state index in [0.717, 1.165) is 22.4 Å². The Labute approximate surface area is 135 Å². The Morgan fingerprint density at radius 3 is 2.67 bits per heavy atom. The van der Waals surface area contributed by atoms with Crippen LogP contribution >= 0.6 is 27.5 Å². The number of hydrogen-bond donors (Lipinski definition) is 0. The molecule has 5 heteroatoms. The monoisotopic (exact) mass is 366 g/mol. The Bertz CT molecular complexity index is 771. The molecule has 2 aromatic carbocycles. The van der Waals surface area contributed by atoms with Crippen LogP contribution in [0.15, 0.2) is 46.9 Å². The molecule has 0 amide bonds. The van der Waals surface area contributed by atoms with E-state index >= 15 is 0 Å². The van der Waals surface area contributed by atoms with E-state index in [9.17, 15) is 4.39 Å². The molecule has 108 valence electrons. The second-order valence-corrected chi connectivity index (χ2v) is 6.03. The van der Waals surface area contributed by atoms with Crippen molar-refractivity contribution in [2.45, 2.75) is 13.0 Å². The van der Waals surface area contributed by atoms with Gasteiger partial charge in [0, 0.05) is 24.9 Å². The number of fused-ring (bicyclic) bond motifs is 1. The standard InChI is InChI=1S/C16H13BrClFN2/c17-12-8-14-15(9-13(12)19)21(16(20-14)6-7-18)10-11-4-2-1-3-5-11/h1-5,8-9H,6-7,10H2. The average molecular weight is 368 g/mol. The molecule has 0 bridgehead atoms. The van der Waals surface area contributed by atoms with E-state index in [1.807, 2.05) is 34.9 Å². The lowest BCUT2D eigenvalue weighted by atomic mass is 10.2. The highest BCUT2D eigenvalue weighted by atomic mass is 79.9. The lowest BCUT2D eigenvalue weighted by Gasteiger charge is -2.09. The van der Waals surface area contributed by atoms with Gasteiger partial charge in [0.05, 0.1) is 15.5 Å². The van der Waals surface area contributed by atoms with E-state index in [2.05, 4.69) is 20.9 Å². The van der Waals surface area contributed by atoms with E-state index in [1.54, 1.807) is 6.07 Å². The quantitative estimate of drug-likeness (QED) is 0.608. The Hall–Kier alpha value is -1.39. The number of alkyl halides is 1. The molecule has 0 radical (unpaired) electrons. The molecular formula is C16H13BrClFN2. The van der Waals surface area contributed by atoms with Gasteiger partial charge in [-0.1, -0.05) is 30.3 Å². The van der Waals surface area contributed by atoms with Crippen molar-refractivity contribution in [2.24, 2.45) is 0 Å². The van der Waals surface area contributed by atoms with E-state index < -0.39 is 0 Å². The van der Waals surface area contributed by atoms with Crippen molar-refractivity contribution in [1.82, 2.24) is 9.55 Å². The van der Waals surface area contributed by atoms with Gasteiger partial charge >= 0.3 is 0 Å². The molecule has 0 unspecified atom stereocenters. The van der Waals surface area contributed by atoms with Gasteiger partial charge in [0.25, 0.3) is 0 Å². The topological polar surface area (TPSA) is 17.8 Å². The minimum Gasteiger partial charge on any atom is -0.323 e. The van der Waals surface area contributed by atoms with Gasteiger partial charge in [-0.2, -0.15) is 0 Å². The molecule has 0 spiro atoms. The first kappa shape index (κ1) is 14.5. The average Bonchev–Trinajstić information content (AvgIpc) is 2.79. The van der Waals surface area contributed by atoms with Crippen molar-refractivity contribution >= 4 is 38.6 Å². The highest BCUT2D eigenvalue weighted by Gasteiger charge is 2.13. The van der Waals surface area contributed by atoms with Crippen molar-refractivity contribution in [3.8, 4) is 0 Å². The summed E-state index contributed by atoms with van der Waals surface area (Å²) in [6, 6.07) is 13.3. The summed E-state index contributed by atoms with van der Waals surface area (Å²) in [4.78, 5) is 4.58. The Kier molecular flexibility index (Phi) is 4.27. The molecule has 0 aliphatic rings. The Morgan fingerprint density at radius 2 is 1.95 bits per heavy atom. The van der Waals surface area contributed by atoms with E-state index in [-0.39, 0.29) is 5.82 Å². The van der Waals surface area contributed by atoms with Crippen LogP contribution in [-0.2, 0) is 13.0 Å². The van der Waals surface area contributed by atoms with Crippen LogP contribution in [-0.4, -0.2) is 15.4 Å². The molecule has 1 heterocycles. The Balaban J connectivity index is 2.13. The summed E-state index contributed by atoms with van der Waals surface area (Å²) < 4.78 is 16.3. The first-order valence-corrected chi connectivity index (χ1v) is 7.96. The third-order valence-corrected chi connectivity index (χ3v) is 4.17. The van der Waals surface area contributed by atoms with Gasteiger partial charge < -0.3 is 4.57 Å². The maximum absolute atomic E-state index is 13.8. The largest absolute Gasteiger partial charge is 0.323 e. The number of benzene rings is 2. The van der Waals surface area contributed by atoms with Gasteiger partial charge in [-0.05, 0) is 27.6 Å². The van der Waals surface area contributed by atoms with Gasteiger partial charge in [0.15, 0.2) is 0 Å². The second-order valence-electron chi connectivity index (χ2n) is 4.79. The smallest absolute Gasteiger partial charge is 0.139 e. The van der Waals surface area contributed by atoms with Gasteiger partial charge in [0.1, 0.15) is 11.6 Å². The van der Waals surface area contributed by atoms with Crippen molar-refractivity contribution in [1.29, 1.82) is 0 Å². The predicted molar refractivity (Wildman–Crippen MR) is 87.4 cm³/mol. The van der Waals surface area contributed by atoms with Crippen LogP contribution in [0.1, 0.15) is 11.4 Å². The summed E-state index contributed by atoms with van der Waals surface area (Å²) >= 11 is 9.07. The highest BCUT2D eigenvalue weighted by molar-refractivity contribution is 9.10. The summed E-state index contributed by atoms with van der Waals surface area (Å²) in [6.45, 7) is 0.657. The molecule has 21 heavy (non-hydrogen) atoms. The lowest BCUT2D eigenvalue weighted by molar-refractivity contribution is 0.621. The SMILES string of the molecule is Fc1cc2c(cc1Br)nc(CCCl)n2Cc1ccccc1. The summed E-state index contributed by atoms with van der Waals surface area (Å²) in [5.41, 5.74) is 2.72. The van der Waals surface area contributed by atoms with E-state index in [0.29, 0.717) is 23.3 Å². The Morgan fingerprint density at radius 1 is 1.19 bits per heavy atom. The van der Waals surface area contributed by atoms with Crippen LogP contribution in [0.4, 0.5) is 4.39 Å². The van der Waals surface area contributed by atoms with Crippen LogP contribution in [0.3, 0.4) is 0 Å². The van der Waals surface area contributed by atoms with Crippen LogP contribution in [0.25, 0.3) is 11.0 Å². The lowest BCUT2D eigenvalue weighted by Crippen LogP contribution is -2.06. The van der Waals surface area contributed by atoms with Gasteiger partial charge in [-0.3, -0.25) is 0 Å². The number of aryl methyl sites for hydroxylation is 1. The van der Waals surface area contributed by atoms with Crippen molar-refractivity contribution in [2.75, 3.05) is 5.88 Å². The first-order valence-electron chi connectivity index (χ1n) is 6.63. The van der Waals surface area contributed by atoms with Crippen LogP contribution in [0.5, 0.6) is 0 Å². The molecule has 0 aliphatic carbocycles. The van der Waals surface area contributed by atoms with Gasteiger partial charge in [-0.25, -0.2) is 9.37 Å². The molecule has 3 rings (SSSR count). The molecule has 1 aromatic heterocycles. The third-order valence-electron chi connectivity index (χ3n) is 3.37. The summed E-state index contributed by atoms with van der Waals surface area (Å²) in [7, 11) is 0. The number of nitrogens with zero attached hydrogens (tertiary/aromatic N) is 2. The molecule has 0 N–H and O–H groups in total. The zero-order valence-electron chi connectivity index (χ0n) is 11.2. The molecular weight excluding hydrogens is 355 g/mol. The van der Waals surface area contributed by atoms with Gasteiger partial charge in [0.2, 0.25) is 0 Å². The molecule has 0 fully saturated rings. The summed E-state index contributed by atoms with van der Waals surface area (Å²) in [5, 5.41) is 0. The van der Waals surface area contributed by atoms with Crippen molar-refractivity contribution < 1.29 is 4.39 Å². The van der Waals surface area contributed by atoms with Crippen LogP contribution in [0.2, 0.25) is 0 Å². The highest BCUT2D eigenvalue weighted by Crippen LogP contribution is 2.25. The summed E-state index contributed by atoms with van der Waals surface area (Å²) in [5.74, 6) is 1.08. The number of rotatable bonds is 4. The minimum absolute atomic E-state index is 0.283. The minimum atomic E-state index is -0.283. The fourth-order valence-corrected chi connectivity index (χ4v) is 2.89. The number of halogens is 3. The predicted octanol–water partition coefficient (Wildman–Crippen LogP) is 4.77. The zero-order valence-corrected chi connectivity index (χ0v) is 13.5. The molecule has 0 saturated heterocycles. The number of imidazole rings is 1. The van der Waals surface area contributed by atoms with Crippen molar-refractivity contribution in [3.05, 3.63) is 64.1 Å². The number of hydrogen-bond acceptors (Lipinski definition) is 1. The molecule has 0 aliphatic heterocycles. The first-order chi connectivity index (χ1) is 10.2. The van der Waals surface area contributed by atoms with Gasteiger partial charge in [-0.15, -0.1) is 11.6 Å². The molecule has 0 atom stereocenters. The van der Waals surface area contributed by atoms with E-state index in [1.165, 1.54) is 6.07 Å². The maximum Gasteiger partial charge on any atom is 0.139 e. The number of aromatic nitrogens is 2. The summed E-state index contributed by atoms with van der Waals surface area (Å²) in [6.07, 6.45) is 0.655. The maximum atomic E-state index is 13.8. The fourth-order valence-electron chi connectivity index (χ4n) is 2.39. The van der Waals surface area contributed by atoms with Crippen LogP contribution < -0.4 is 0 Å².